The van der Waals surface area contributed by atoms with Gasteiger partial charge in [-0.1, -0.05) is 12.1 Å². The summed E-state index contributed by atoms with van der Waals surface area (Å²) in [6.45, 7) is 3.76. The Labute approximate surface area is 122 Å². The summed E-state index contributed by atoms with van der Waals surface area (Å²) in [5, 5.41) is 2.94. The van der Waals surface area contributed by atoms with E-state index in [1.807, 2.05) is 0 Å². The van der Waals surface area contributed by atoms with E-state index in [1.165, 1.54) is 12.1 Å². The number of para-hydroxylation sites is 1. The molecule has 5 heteroatoms. The molecule has 2 aromatic carbocycles. The maximum Gasteiger partial charge on any atom is 0.340 e. The van der Waals surface area contributed by atoms with Crippen LogP contribution >= 0.6 is 0 Å². The fraction of sp³-hybridized carbons (Fsp3) is 0.188. The van der Waals surface area contributed by atoms with Gasteiger partial charge in [-0.25, -0.2) is 9.18 Å². The van der Waals surface area contributed by atoms with Crippen LogP contribution in [0.1, 0.15) is 22.8 Å². The molecule has 0 radical (unpaired) electrons. The Kier molecular flexibility index (Phi) is 4.42. The average molecular weight is 288 g/mol. The predicted molar refractivity (Wildman–Crippen MR) is 81.2 cm³/mol. The highest BCUT2D eigenvalue weighted by Crippen LogP contribution is 2.27. The van der Waals surface area contributed by atoms with E-state index in [1.54, 1.807) is 38.1 Å². The summed E-state index contributed by atoms with van der Waals surface area (Å²) >= 11 is 0. The normalized spacial score (nSPS) is 10.2. The highest BCUT2D eigenvalue weighted by Gasteiger charge is 2.15. The lowest BCUT2D eigenvalue weighted by Gasteiger charge is -2.14. The molecule has 0 atom stereocenters. The Balaban J connectivity index is 2.42. The fourth-order valence-corrected chi connectivity index (χ4v) is 1.97. The van der Waals surface area contributed by atoms with Crippen molar-refractivity contribution in [3.63, 3.8) is 0 Å². The lowest BCUT2D eigenvalue weighted by molar-refractivity contribution is 0.0527. The number of rotatable bonds is 4. The first kappa shape index (κ1) is 14.8. The van der Waals surface area contributed by atoms with Gasteiger partial charge in [0, 0.05) is 5.69 Å². The molecule has 0 aliphatic carbocycles. The molecule has 110 valence electrons. The van der Waals surface area contributed by atoms with Gasteiger partial charge in [-0.05, 0) is 43.7 Å². The van der Waals surface area contributed by atoms with Crippen LogP contribution in [0.2, 0.25) is 0 Å². The standard InChI is InChI=1S/C16H17FN2O2/c1-3-21-16(20)12-9-11(18)7-8-14(12)19-15-10(2)5-4-6-13(15)17/h4-9,19H,3,18H2,1-2H3. The number of nitrogens with two attached hydrogens (primary N) is 1. The van der Waals surface area contributed by atoms with Crippen molar-refractivity contribution in [1.29, 1.82) is 0 Å². The number of esters is 1. The van der Waals surface area contributed by atoms with Crippen molar-refractivity contribution in [2.45, 2.75) is 13.8 Å². The minimum Gasteiger partial charge on any atom is -0.462 e. The first-order chi connectivity index (χ1) is 10.0. The molecular formula is C16H17FN2O2. The van der Waals surface area contributed by atoms with Gasteiger partial charge < -0.3 is 15.8 Å². The molecule has 0 bridgehead atoms. The number of anilines is 3. The molecule has 0 saturated heterocycles. The monoisotopic (exact) mass is 288 g/mol. The minimum atomic E-state index is -0.499. The van der Waals surface area contributed by atoms with Crippen molar-refractivity contribution >= 4 is 23.0 Å². The van der Waals surface area contributed by atoms with E-state index >= 15 is 0 Å². The molecule has 0 fully saturated rings. The predicted octanol–water partition coefficient (Wildman–Crippen LogP) is 3.64. The third-order valence-electron chi connectivity index (χ3n) is 3.02. The van der Waals surface area contributed by atoms with Crippen molar-refractivity contribution in [2.75, 3.05) is 17.7 Å². The smallest absolute Gasteiger partial charge is 0.340 e. The largest absolute Gasteiger partial charge is 0.462 e. The van der Waals surface area contributed by atoms with Crippen molar-refractivity contribution in [3.05, 3.63) is 53.3 Å². The summed E-state index contributed by atoms with van der Waals surface area (Å²) in [5.74, 6) is -0.886. The van der Waals surface area contributed by atoms with Crippen LogP contribution in [0.4, 0.5) is 21.5 Å². The van der Waals surface area contributed by atoms with E-state index < -0.39 is 5.97 Å². The van der Waals surface area contributed by atoms with Gasteiger partial charge >= 0.3 is 5.97 Å². The lowest BCUT2D eigenvalue weighted by atomic mass is 10.1. The third-order valence-corrected chi connectivity index (χ3v) is 3.02. The number of carbonyl (C=O) groups is 1. The van der Waals surface area contributed by atoms with E-state index in [-0.39, 0.29) is 18.0 Å². The number of hydrogen-bond acceptors (Lipinski definition) is 4. The second-order valence-corrected chi connectivity index (χ2v) is 4.58. The lowest BCUT2D eigenvalue weighted by Crippen LogP contribution is -2.09. The van der Waals surface area contributed by atoms with Crippen LogP contribution < -0.4 is 11.1 Å². The van der Waals surface area contributed by atoms with Gasteiger partial charge in [0.1, 0.15) is 5.82 Å². The van der Waals surface area contributed by atoms with Gasteiger partial charge in [0.05, 0.1) is 23.5 Å². The molecule has 0 aliphatic heterocycles. The van der Waals surface area contributed by atoms with Crippen molar-refractivity contribution in [2.24, 2.45) is 0 Å². The van der Waals surface area contributed by atoms with E-state index in [2.05, 4.69) is 5.32 Å². The molecule has 0 heterocycles. The number of aryl methyl sites for hydroxylation is 1. The third kappa shape index (κ3) is 3.31. The zero-order valence-corrected chi connectivity index (χ0v) is 11.9. The van der Waals surface area contributed by atoms with Gasteiger partial charge in [0.15, 0.2) is 0 Å². The van der Waals surface area contributed by atoms with Gasteiger partial charge in [-0.3, -0.25) is 0 Å². The van der Waals surface area contributed by atoms with Crippen molar-refractivity contribution < 1.29 is 13.9 Å². The molecule has 0 aromatic heterocycles. The second-order valence-electron chi connectivity index (χ2n) is 4.58. The molecule has 2 rings (SSSR count). The Hall–Kier alpha value is -2.56. The zero-order valence-electron chi connectivity index (χ0n) is 11.9. The highest BCUT2D eigenvalue weighted by molar-refractivity contribution is 5.97. The Morgan fingerprint density at radius 3 is 2.76 bits per heavy atom. The Bertz CT molecular complexity index is 651. The fourth-order valence-electron chi connectivity index (χ4n) is 1.97. The van der Waals surface area contributed by atoms with E-state index in [4.69, 9.17) is 10.5 Å². The average Bonchev–Trinajstić information content (AvgIpc) is 2.44. The molecule has 4 nitrogen and oxygen atoms in total. The SMILES string of the molecule is CCOC(=O)c1cc(N)ccc1Nc1c(C)cccc1F. The molecule has 3 N–H and O–H groups in total. The van der Waals surface area contributed by atoms with E-state index in [0.717, 1.165) is 5.56 Å². The summed E-state index contributed by atoms with van der Waals surface area (Å²) in [7, 11) is 0. The molecule has 0 saturated carbocycles. The topological polar surface area (TPSA) is 64.3 Å². The number of halogens is 1. The number of nitrogen functional groups attached to an aromatic ring is 1. The second kappa shape index (κ2) is 6.26. The van der Waals surface area contributed by atoms with Gasteiger partial charge in [-0.2, -0.15) is 0 Å². The van der Waals surface area contributed by atoms with Crippen LogP contribution in [0.15, 0.2) is 36.4 Å². The molecule has 0 aliphatic rings. The van der Waals surface area contributed by atoms with E-state index in [9.17, 15) is 9.18 Å². The van der Waals surface area contributed by atoms with E-state index in [0.29, 0.717) is 17.1 Å². The van der Waals surface area contributed by atoms with Crippen LogP contribution in [0.5, 0.6) is 0 Å². The van der Waals surface area contributed by atoms with Crippen LogP contribution in [0, 0.1) is 12.7 Å². The number of ether oxygens (including phenoxy) is 1. The van der Waals surface area contributed by atoms with Crippen LogP contribution in [-0.2, 0) is 4.74 Å². The maximum atomic E-state index is 13.9. The Morgan fingerprint density at radius 1 is 1.33 bits per heavy atom. The molecular weight excluding hydrogens is 271 g/mol. The number of benzene rings is 2. The zero-order chi connectivity index (χ0) is 15.4. The Morgan fingerprint density at radius 2 is 2.10 bits per heavy atom. The van der Waals surface area contributed by atoms with Gasteiger partial charge in [-0.15, -0.1) is 0 Å². The van der Waals surface area contributed by atoms with Gasteiger partial charge in [0.25, 0.3) is 0 Å². The molecule has 21 heavy (non-hydrogen) atoms. The number of hydrogen-bond donors (Lipinski definition) is 2. The number of carbonyl (C=O) groups excluding carboxylic acids is 1. The maximum absolute atomic E-state index is 13.9. The summed E-state index contributed by atoms with van der Waals surface area (Å²) in [5.41, 5.74) is 7.94. The first-order valence-corrected chi connectivity index (χ1v) is 6.61. The first-order valence-electron chi connectivity index (χ1n) is 6.61. The minimum absolute atomic E-state index is 0.256. The van der Waals surface area contributed by atoms with Crippen LogP contribution in [-0.4, -0.2) is 12.6 Å². The summed E-state index contributed by atoms with van der Waals surface area (Å²) < 4.78 is 18.9. The summed E-state index contributed by atoms with van der Waals surface area (Å²) in [6.07, 6.45) is 0. The summed E-state index contributed by atoms with van der Waals surface area (Å²) in [6, 6.07) is 9.56. The summed E-state index contributed by atoms with van der Waals surface area (Å²) in [4.78, 5) is 12.0. The van der Waals surface area contributed by atoms with Gasteiger partial charge in [0.2, 0.25) is 0 Å². The highest BCUT2D eigenvalue weighted by atomic mass is 19.1. The molecule has 0 amide bonds. The van der Waals surface area contributed by atoms with Crippen LogP contribution in [0.25, 0.3) is 0 Å². The van der Waals surface area contributed by atoms with Crippen LogP contribution in [0.3, 0.4) is 0 Å². The molecule has 2 aromatic rings. The van der Waals surface area contributed by atoms with Crippen molar-refractivity contribution in [1.82, 2.24) is 0 Å². The molecule has 0 unspecified atom stereocenters. The van der Waals surface area contributed by atoms with Crippen molar-refractivity contribution in [3.8, 4) is 0 Å². The number of nitrogens with one attached hydrogen (secondary N) is 1. The quantitative estimate of drug-likeness (QED) is 0.666. The molecule has 0 spiro atoms.